The minimum absolute atomic E-state index is 0.0492. The zero-order valence-electron chi connectivity index (χ0n) is 14.9. The number of nitro groups is 1. The smallest absolute Gasteiger partial charge is 0.410 e. The lowest BCUT2D eigenvalue weighted by Gasteiger charge is -2.33. The number of nitro benzene ring substituents is 1. The van der Waals surface area contributed by atoms with Gasteiger partial charge in [0.2, 0.25) is 0 Å². The molecule has 3 rings (SSSR count). The van der Waals surface area contributed by atoms with Crippen molar-refractivity contribution in [3.8, 4) is 0 Å². The maximum absolute atomic E-state index is 12.3. The fraction of sp³-hybridized carbons (Fsp3) is 0.529. The van der Waals surface area contributed by atoms with Gasteiger partial charge >= 0.3 is 6.09 Å². The predicted molar refractivity (Wildman–Crippen MR) is 103 cm³/mol. The lowest BCUT2D eigenvalue weighted by molar-refractivity contribution is -0.384. The maximum atomic E-state index is 12.3. The first-order chi connectivity index (χ1) is 12.2. The molecule has 1 atom stereocenters. The Morgan fingerprint density at radius 1 is 1.46 bits per heavy atom. The molecule has 2 heterocycles. The van der Waals surface area contributed by atoms with Gasteiger partial charge in [0.25, 0.3) is 5.69 Å². The van der Waals surface area contributed by atoms with E-state index >= 15 is 0 Å². The number of thiazole rings is 1. The van der Waals surface area contributed by atoms with Crippen LogP contribution in [0.15, 0.2) is 22.5 Å². The van der Waals surface area contributed by atoms with E-state index in [2.05, 4.69) is 4.98 Å². The third-order valence-electron chi connectivity index (χ3n) is 3.86. The highest BCUT2D eigenvalue weighted by atomic mass is 32.2. The van der Waals surface area contributed by atoms with E-state index < -0.39 is 10.5 Å². The summed E-state index contributed by atoms with van der Waals surface area (Å²) in [5, 5.41) is 11.1. The normalized spacial score (nSPS) is 18.1. The van der Waals surface area contributed by atoms with E-state index in [4.69, 9.17) is 4.74 Å². The molecule has 140 valence electrons. The van der Waals surface area contributed by atoms with Crippen molar-refractivity contribution in [2.75, 3.05) is 13.1 Å². The number of carbonyl (C=O) groups excluding carboxylic acids is 1. The second-order valence-electron chi connectivity index (χ2n) is 7.20. The van der Waals surface area contributed by atoms with Crippen LogP contribution in [0.3, 0.4) is 0 Å². The Balaban J connectivity index is 1.67. The molecule has 0 N–H and O–H groups in total. The number of hydrogen-bond donors (Lipinski definition) is 0. The summed E-state index contributed by atoms with van der Waals surface area (Å²) < 4.78 is 7.26. The lowest BCUT2D eigenvalue weighted by Crippen LogP contribution is -2.43. The molecule has 0 spiro atoms. The topological polar surface area (TPSA) is 85.6 Å². The zero-order chi connectivity index (χ0) is 18.9. The summed E-state index contributed by atoms with van der Waals surface area (Å²) in [5.41, 5.74) is 0.193. The first kappa shape index (κ1) is 18.9. The Morgan fingerprint density at radius 2 is 2.23 bits per heavy atom. The summed E-state index contributed by atoms with van der Waals surface area (Å²) in [6.07, 6.45) is 1.65. The Kier molecular flexibility index (Phi) is 5.38. The molecule has 26 heavy (non-hydrogen) atoms. The largest absolute Gasteiger partial charge is 0.444 e. The fourth-order valence-corrected chi connectivity index (χ4v) is 5.25. The Hall–Kier alpha value is -1.87. The molecule has 2 aromatic rings. The number of nitrogens with zero attached hydrogens (tertiary/aromatic N) is 3. The minimum atomic E-state index is -0.501. The second-order valence-corrected chi connectivity index (χ2v) is 9.78. The maximum Gasteiger partial charge on any atom is 0.410 e. The number of rotatable bonds is 3. The van der Waals surface area contributed by atoms with Gasteiger partial charge in [-0.3, -0.25) is 10.1 Å². The quantitative estimate of drug-likeness (QED) is 0.553. The molecule has 0 bridgehead atoms. The highest BCUT2D eigenvalue weighted by Crippen LogP contribution is 2.36. The van der Waals surface area contributed by atoms with Gasteiger partial charge in [-0.05, 0) is 39.7 Å². The second kappa shape index (κ2) is 7.40. The van der Waals surface area contributed by atoms with E-state index in [-0.39, 0.29) is 17.0 Å². The van der Waals surface area contributed by atoms with E-state index in [1.54, 1.807) is 22.7 Å². The van der Waals surface area contributed by atoms with Gasteiger partial charge in [-0.1, -0.05) is 11.8 Å². The van der Waals surface area contributed by atoms with Crippen LogP contribution >= 0.6 is 23.1 Å². The number of amides is 1. The molecule has 9 heteroatoms. The number of benzene rings is 1. The molecule has 1 fully saturated rings. The molecule has 1 saturated heterocycles. The average molecular weight is 396 g/mol. The molecule has 1 aromatic carbocycles. The molecular weight excluding hydrogens is 374 g/mol. The summed E-state index contributed by atoms with van der Waals surface area (Å²) in [6.45, 7) is 6.91. The van der Waals surface area contributed by atoms with Gasteiger partial charge in [0, 0.05) is 30.5 Å². The molecule has 1 amide bonds. The number of fused-ring (bicyclic) bond motifs is 1. The molecule has 0 unspecified atom stereocenters. The van der Waals surface area contributed by atoms with Crippen LogP contribution < -0.4 is 0 Å². The van der Waals surface area contributed by atoms with Crippen LogP contribution in [0, 0.1) is 10.1 Å². The summed E-state index contributed by atoms with van der Waals surface area (Å²) >= 11 is 3.16. The number of hydrogen-bond acceptors (Lipinski definition) is 7. The van der Waals surface area contributed by atoms with Gasteiger partial charge in [-0.25, -0.2) is 9.78 Å². The molecule has 1 aliphatic heterocycles. The van der Waals surface area contributed by atoms with E-state index in [0.29, 0.717) is 18.6 Å². The number of piperidine rings is 1. The van der Waals surface area contributed by atoms with Gasteiger partial charge in [-0.15, -0.1) is 11.3 Å². The first-order valence-corrected chi connectivity index (χ1v) is 10.1. The van der Waals surface area contributed by atoms with E-state index in [0.717, 1.165) is 21.9 Å². The van der Waals surface area contributed by atoms with Gasteiger partial charge in [-0.2, -0.15) is 0 Å². The van der Waals surface area contributed by atoms with Crippen molar-refractivity contribution in [1.82, 2.24) is 9.88 Å². The van der Waals surface area contributed by atoms with Gasteiger partial charge in [0.15, 0.2) is 4.34 Å². The Morgan fingerprint density at radius 3 is 2.92 bits per heavy atom. The average Bonchev–Trinajstić information content (AvgIpc) is 2.94. The van der Waals surface area contributed by atoms with Crippen molar-refractivity contribution < 1.29 is 14.5 Å². The molecule has 0 radical (unpaired) electrons. The molecular formula is C17H21N3O4S2. The van der Waals surface area contributed by atoms with Crippen LogP contribution in [0.2, 0.25) is 0 Å². The van der Waals surface area contributed by atoms with Crippen molar-refractivity contribution in [3.05, 3.63) is 28.3 Å². The summed E-state index contributed by atoms with van der Waals surface area (Å²) in [4.78, 5) is 29.0. The number of likely N-dealkylation sites (tertiary alicyclic amines) is 1. The fourth-order valence-electron chi connectivity index (χ4n) is 2.73. The van der Waals surface area contributed by atoms with Crippen molar-refractivity contribution in [1.29, 1.82) is 0 Å². The molecule has 1 aromatic heterocycles. The van der Waals surface area contributed by atoms with Crippen LogP contribution in [-0.2, 0) is 4.74 Å². The monoisotopic (exact) mass is 395 g/mol. The zero-order valence-corrected chi connectivity index (χ0v) is 16.6. The standard InChI is InChI=1S/C17H21N3O4S2/c1-17(2,3)24-16(21)19-8-4-5-12(10-19)25-15-18-13-9-11(20(22)23)6-7-14(13)26-15/h6-7,9,12H,4-5,8,10H2,1-3H3/t12-/m1/s1. The predicted octanol–water partition coefficient (Wildman–Crippen LogP) is 4.70. The lowest BCUT2D eigenvalue weighted by atomic mass is 10.1. The van der Waals surface area contributed by atoms with Crippen molar-refractivity contribution in [2.45, 2.75) is 48.8 Å². The molecule has 7 nitrogen and oxygen atoms in total. The van der Waals surface area contributed by atoms with Gasteiger partial charge in [0.05, 0.1) is 15.1 Å². The van der Waals surface area contributed by atoms with E-state index in [1.165, 1.54) is 23.5 Å². The van der Waals surface area contributed by atoms with Crippen LogP contribution in [-0.4, -0.2) is 44.8 Å². The van der Waals surface area contributed by atoms with Crippen LogP contribution in [0.25, 0.3) is 10.2 Å². The molecule has 0 aliphatic carbocycles. The number of thioether (sulfide) groups is 1. The van der Waals surface area contributed by atoms with E-state index in [1.807, 2.05) is 20.8 Å². The van der Waals surface area contributed by atoms with Crippen molar-refractivity contribution in [3.63, 3.8) is 0 Å². The third-order valence-corrected chi connectivity index (χ3v) is 6.24. The van der Waals surface area contributed by atoms with Crippen LogP contribution in [0.1, 0.15) is 33.6 Å². The SMILES string of the molecule is CC(C)(C)OC(=O)N1CCC[C@@H](Sc2nc3cc([N+](=O)[O-])ccc3s2)C1. The van der Waals surface area contributed by atoms with Gasteiger partial charge in [0.1, 0.15) is 5.60 Å². The minimum Gasteiger partial charge on any atom is -0.444 e. The Bertz CT molecular complexity index is 831. The highest BCUT2D eigenvalue weighted by molar-refractivity contribution is 8.01. The Labute approximate surface area is 159 Å². The number of aromatic nitrogens is 1. The van der Waals surface area contributed by atoms with Crippen molar-refractivity contribution in [2.24, 2.45) is 0 Å². The van der Waals surface area contributed by atoms with Crippen LogP contribution in [0.5, 0.6) is 0 Å². The first-order valence-electron chi connectivity index (χ1n) is 8.41. The summed E-state index contributed by atoms with van der Waals surface area (Å²) in [5.74, 6) is 0. The number of ether oxygens (including phenoxy) is 1. The summed E-state index contributed by atoms with van der Waals surface area (Å²) in [7, 11) is 0. The van der Waals surface area contributed by atoms with E-state index in [9.17, 15) is 14.9 Å². The van der Waals surface area contributed by atoms with Crippen LogP contribution in [0.4, 0.5) is 10.5 Å². The molecule has 1 aliphatic rings. The number of carbonyl (C=O) groups is 1. The highest BCUT2D eigenvalue weighted by Gasteiger charge is 2.28. The number of non-ortho nitro benzene ring substituents is 1. The molecule has 0 saturated carbocycles. The van der Waals surface area contributed by atoms with Gasteiger partial charge < -0.3 is 9.64 Å². The summed E-state index contributed by atoms with van der Waals surface area (Å²) in [6, 6.07) is 4.74. The van der Waals surface area contributed by atoms with Crippen molar-refractivity contribution >= 4 is 45.1 Å². The third kappa shape index (κ3) is 4.64.